The summed E-state index contributed by atoms with van der Waals surface area (Å²) in [6.45, 7) is 3.72. The van der Waals surface area contributed by atoms with Gasteiger partial charge in [0, 0.05) is 24.2 Å². The van der Waals surface area contributed by atoms with E-state index in [1.165, 1.54) is 18.2 Å². The third-order valence-electron chi connectivity index (χ3n) is 4.05. The predicted octanol–water partition coefficient (Wildman–Crippen LogP) is 2.93. The van der Waals surface area contributed by atoms with Crippen LogP contribution in [-0.4, -0.2) is 33.6 Å². The number of hydrogen-bond acceptors (Lipinski definition) is 6. The number of aromatic nitrogens is 2. The Kier molecular flexibility index (Phi) is 6.36. The lowest BCUT2D eigenvalue weighted by molar-refractivity contribution is -0.111. The van der Waals surface area contributed by atoms with Crippen LogP contribution in [0.25, 0.3) is 11.4 Å². The minimum Gasteiger partial charge on any atom is -0.507 e. The van der Waals surface area contributed by atoms with Crippen LogP contribution in [0.5, 0.6) is 5.75 Å². The van der Waals surface area contributed by atoms with E-state index in [2.05, 4.69) is 27.4 Å². The zero-order valence-electron chi connectivity index (χ0n) is 15.6. The van der Waals surface area contributed by atoms with Crippen molar-refractivity contribution in [2.45, 2.75) is 12.8 Å². The van der Waals surface area contributed by atoms with Gasteiger partial charge < -0.3 is 20.3 Å². The highest BCUT2D eigenvalue weighted by Gasteiger charge is 2.13. The average Bonchev–Trinajstić information content (AvgIpc) is 3.22. The molecule has 1 aromatic heterocycles. The third-order valence-corrected chi connectivity index (χ3v) is 4.05. The predicted molar refractivity (Wildman–Crippen MR) is 107 cm³/mol. The highest BCUT2D eigenvalue weighted by molar-refractivity contribution is 6.01. The van der Waals surface area contributed by atoms with Crippen LogP contribution in [0.4, 0.5) is 5.69 Å². The zero-order chi connectivity index (χ0) is 20.6. The summed E-state index contributed by atoms with van der Waals surface area (Å²) in [5.41, 5.74) is 1.32. The Morgan fingerprint density at radius 3 is 2.72 bits per heavy atom. The van der Waals surface area contributed by atoms with Gasteiger partial charge in [-0.15, -0.1) is 0 Å². The van der Waals surface area contributed by atoms with Crippen molar-refractivity contribution < 1.29 is 19.2 Å². The first-order valence-electron chi connectivity index (χ1n) is 8.99. The number of aryl methyl sites for hydroxylation is 1. The van der Waals surface area contributed by atoms with E-state index in [-0.39, 0.29) is 11.3 Å². The first kappa shape index (κ1) is 19.8. The van der Waals surface area contributed by atoms with Crippen LogP contribution in [-0.2, 0) is 11.2 Å². The number of benzene rings is 2. The Hall–Kier alpha value is -3.94. The maximum atomic E-state index is 12.3. The Morgan fingerprint density at radius 1 is 1.17 bits per heavy atom. The van der Waals surface area contributed by atoms with Crippen molar-refractivity contribution in [3.8, 4) is 17.1 Å². The number of carbonyl (C=O) groups excluding carboxylic acids is 2. The van der Waals surface area contributed by atoms with E-state index in [9.17, 15) is 14.7 Å². The van der Waals surface area contributed by atoms with Gasteiger partial charge in [-0.1, -0.05) is 42.1 Å². The molecule has 2 amide bonds. The second-order valence-corrected chi connectivity index (χ2v) is 6.16. The van der Waals surface area contributed by atoms with Gasteiger partial charge in [0.1, 0.15) is 5.75 Å². The van der Waals surface area contributed by atoms with Gasteiger partial charge >= 0.3 is 0 Å². The Bertz CT molecular complexity index is 1010. The second kappa shape index (κ2) is 9.32. The number of phenolic OH excluding ortho intramolecular Hbond substituents is 1. The van der Waals surface area contributed by atoms with Crippen molar-refractivity contribution in [2.24, 2.45) is 0 Å². The quantitative estimate of drug-likeness (QED) is 0.308. The number of anilines is 1. The summed E-state index contributed by atoms with van der Waals surface area (Å²) in [7, 11) is 0. The number of carbonyl (C=O) groups is 2. The van der Waals surface area contributed by atoms with Gasteiger partial charge in [0.05, 0.1) is 5.56 Å². The summed E-state index contributed by atoms with van der Waals surface area (Å²) in [4.78, 5) is 28.0. The van der Waals surface area contributed by atoms with Gasteiger partial charge in [0.15, 0.2) is 0 Å². The molecule has 148 valence electrons. The van der Waals surface area contributed by atoms with Crippen molar-refractivity contribution in [1.29, 1.82) is 0 Å². The van der Waals surface area contributed by atoms with Crippen LogP contribution in [0.2, 0.25) is 0 Å². The summed E-state index contributed by atoms with van der Waals surface area (Å²) in [6, 6.07) is 13.7. The first-order valence-corrected chi connectivity index (χ1v) is 8.99. The highest BCUT2D eigenvalue weighted by Crippen LogP contribution is 2.21. The van der Waals surface area contributed by atoms with Crippen LogP contribution in [0.3, 0.4) is 0 Å². The number of nitrogens with zero attached hydrogens (tertiary/aromatic N) is 2. The monoisotopic (exact) mass is 392 g/mol. The van der Waals surface area contributed by atoms with Crippen molar-refractivity contribution >= 4 is 17.5 Å². The van der Waals surface area contributed by atoms with Gasteiger partial charge in [-0.2, -0.15) is 4.98 Å². The summed E-state index contributed by atoms with van der Waals surface area (Å²) in [6.07, 6.45) is 2.20. The highest BCUT2D eigenvalue weighted by atomic mass is 16.5. The fourth-order valence-corrected chi connectivity index (χ4v) is 2.59. The molecule has 0 bridgehead atoms. The molecule has 3 rings (SSSR count). The largest absolute Gasteiger partial charge is 0.507 e. The van der Waals surface area contributed by atoms with E-state index < -0.39 is 11.8 Å². The van der Waals surface area contributed by atoms with Crippen LogP contribution in [0.15, 0.2) is 65.7 Å². The topological polar surface area (TPSA) is 117 Å². The smallest absolute Gasteiger partial charge is 0.255 e. The molecule has 3 aromatic rings. The number of rotatable bonds is 8. The molecule has 8 nitrogen and oxygen atoms in total. The molecular formula is C21H20N4O4. The summed E-state index contributed by atoms with van der Waals surface area (Å²) >= 11 is 0. The summed E-state index contributed by atoms with van der Waals surface area (Å²) < 4.78 is 5.23. The molecule has 0 radical (unpaired) electrons. The van der Waals surface area contributed by atoms with Crippen LogP contribution >= 0.6 is 0 Å². The van der Waals surface area contributed by atoms with E-state index in [0.29, 0.717) is 36.8 Å². The van der Waals surface area contributed by atoms with Gasteiger partial charge in [-0.3, -0.25) is 9.59 Å². The Labute approximate surface area is 167 Å². The zero-order valence-corrected chi connectivity index (χ0v) is 15.6. The lowest BCUT2D eigenvalue weighted by Crippen LogP contribution is -2.25. The molecule has 0 saturated carbocycles. The maximum Gasteiger partial charge on any atom is 0.255 e. The Morgan fingerprint density at radius 2 is 1.97 bits per heavy atom. The van der Waals surface area contributed by atoms with Crippen molar-refractivity contribution in [3.05, 3.63) is 72.6 Å². The Balaban J connectivity index is 1.51. The standard InChI is InChI=1S/C21H20N4O4/c1-2-18(27)23-15-10-11-17(26)16(13-15)21(28)22-12-6-9-19-24-20(25-29-19)14-7-4-3-5-8-14/h2-5,7-8,10-11,13,26H,1,6,9,12H2,(H,22,28)(H,23,27). The van der Waals surface area contributed by atoms with Crippen LogP contribution < -0.4 is 10.6 Å². The number of amides is 2. The molecule has 0 unspecified atom stereocenters. The van der Waals surface area contributed by atoms with Crippen LogP contribution in [0.1, 0.15) is 22.7 Å². The van der Waals surface area contributed by atoms with E-state index in [1.807, 2.05) is 30.3 Å². The average molecular weight is 392 g/mol. The van der Waals surface area contributed by atoms with Crippen LogP contribution in [0, 0.1) is 0 Å². The third kappa shape index (κ3) is 5.29. The van der Waals surface area contributed by atoms with E-state index in [1.54, 1.807) is 0 Å². The lowest BCUT2D eigenvalue weighted by Gasteiger charge is -2.09. The molecule has 0 atom stereocenters. The molecule has 0 aliphatic rings. The van der Waals surface area contributed by atoms with E-state index in [4.69, 9.17) is 4.52 Å². The van der Waals surface area contributed by atoms with Crippen molar-refractivity contribution in [3.63, 3.8) is 0 Å². The number of nitrogens with one attached hydrogen (secondary N) is 2. The fourth-order valence-electron chi connectivity index (χ4n) is 2.59. The summed E-state index contributed by atoms with van der Waals surface area (Å²) in [5.74, 6) is -0.0317. The number of phenols is 1. The normalized spacial score (nSPS) is 10.3. The number of aromatic hydroxyl groups is 1. The molecular weight excluding hydrogens is 372 g/mol. The first-order chi connectivity index (χ1) is 14.1. The van der Waals surface area contributed by atoms with Crippen molar-refractivity contribution in [1.82, 2.24) is 15.5 Å². The van der Waals surface area contributed by atoms with Gasteiger partial charge in [-0.05, 0) is 30.7 Å². The van der Waals surface area contributed by atoms with Crippen molar-refractivity contribution in [2.75, 3.05) is 11.9 Å². The molecule has 29 heavy (non-hydrogen) atoms. The minimum absolute atomic E-state index is 0.0658. The maximum absolute atomic E-state index is 12.3. The van der Waals surface area contributed by atoms with E-state index in [0.717, 1.165) is 11.6 Å². The SMILES string of the molecule is C=CC(=O)Nc1ccc(O)c(C(=O)NCCCc2nc(-c3ccccc3)no2)c1. The molecule has 1 heterocycles. The lowest BCUT2D eigenvalue weighted by atomic mass is 10.1. The fraction of sp³-hybridized carbons (Fsp3) is 0.143. The number of hydrogen-bond donors (Lipinski definition) is 3. The summed E-state index contributed by atoms with van der Waals surface area (Å²) in [5, 5.41) is 19.1. The molecule has 0 aliphatic carbocycles. The molecule has 8 heteroatoms. The molecule has 0 aliphatic heterocycles. The minimum atomic E-state index is -0.451. The molecule has 3 N–H and O–H groups in total. The molecule has 2 aromatic carbocycles. The molecule has 0 fully saturated rings. The second-order valence-electron chi connectivity index (χ2n) is 6.16. The van der Waals surface area contributed by atoms with Gasteiger partial charge in [-0.25, -0.2) is 0 Å². The van der Waals surface area contributed by atoms with Gasteiger partial charge in [0.25, 0.3) is 5.91 Å². The van der Waals surface area contributed by atoms with E-state index >= 15 is 0 Å². The molecule has 0 spiro atoms. The van der Waals surface area contributed by atoms with Gasteiger partial charge in [0.2, 0.25) is 17.6 Å². The molecule has 0 saturated heterocycles.